The second-order valence-electron chi connectivity index (χ2n) is 6.49. The molecule has 0 aliphatic carbocycles. The van der Waals surface area contributed by atoms with Gasteiger partial charge in [-0.15, -0.1) is 0 Å². The number of benzene rings is 2. The van der Waals surface area contributed by atoms with Crippen LogP contribution in [0, 0.1) is 5.92 Å². The van der Waals surface area contributed by atoms with Gasteiger partial charge < -0.3 is 10.6 Å². The molecule has 144 valence electrons. The Kier molecular flexibility index (Phi) is 6.62. The van der Waals surface area contributed by atoms with E-state index in [1.165, 1.54) is 12.1 Å². The molecule has 0 bridgehead atoms. The zero-order valence-electron chi connectivity index (χ0n) is 15.2. The Bertz CT molecular complexity index is 940. The minimum absolute atomic E-state index is 0.103. The summed E-state index contributed by atoms with van der Waals surface area (Å²) >= 11 is 5.82. The molecule has 8 heteroatoms. The molecule has 0 fully saturated rings. The van der Waals surface area contributed by atoms with Crippen molar-refractivity contribution in [2.75, 3.05) is 11.6 Å². The summed E-state index contributed by atoms with van der Waals surface area (Å²) in [5.74, 6) is -1.01. The normalized spacial score (nSPS) is 12.5. The molecule has 0 aromatic heterocycles. The van der Waals surface area contributed by atoms with E-state index in [0.717, 1.165) is 6.26 Å². The van der Waals surface area contributed by atoms with E-state index in [1.807, 2.05) is 0 Å². The molecule has 0 saturated carbocycles. The van der Waals surface area contributed by atoms with E-state index in [4.69, 9.17) is 11.6 Å². The van der Waals surface area contributed by atoms with Gasteiger partial charge in [-0.3, -0.25) is 9.59 Å². The SMILES string of the molecule is CC(C)C(NC(=O)c1ccc(Cl)cc1)C(=O)Nc1cccc(S(C)(=O)=O)c1. The summed E-state index contributed by atoms with van der Waals surface area (Å²) < 4.78 is 23.3. The van der Waals surface area contributed by atoms with Gasteiger partial charge in [-0.05, 0) is 48.4 Å². The third-order valence-electron chi connectivity index (χ3n) is 3.87. The molecular formula is C19H21ClN2O4S. The Morgan fingerprint density at radius 3 is 2.22 bits per heavy atom. The second-order valence-corrected chi connectivity index (χ2v) is 8.94. The van der Waals surface area contributed by atoms with E-state index in [-0.39, 0.29) is 10.8 Å². The summed E-state index contributed by atoms with van der Waals surface area (Å²) in [5.41, 5.74) is 0.728. The van der Waals surface area contributed by atoms with E-state index in [0.29, 0.717) is 16.3 Å². The lowest BCUT2D eigenvalue weighted by Crippen LogP contribution is -2.47. The molecule has 2 N–H and O–H groups in total. The zero-order chi connectivity index (χ0) is 20.2. The third kappa shape index (κ3) is 5.80. The molecule has 0 saturated heterocycles. The van der Waals surface area contributed by atoms with Crippen LogP contribution in [-0.4, -0.2) is 32.5 Å². The smallest absolute Gasteiger partial charge is 0.251 e. The van der Waals surface area contributed by atoms with Crippen molar-refractivity contribution in [3.05, 3.63) is 59.1 Å². The average Bonchev–Trinajstić information content (AvgIpc) is 2.59. The summed E-state index contributed by atoms with van der Waals surface area (Å²) in [4.78, 5) is 25.1. The van der Waals surface area contributed by atoms with Crippen LogP contribution in [0.5, 0.6) is 0 Å². The lowest BCUT2D eigenvalue weighted by molar-refractivity contribution is -0.118. The molecular weight excluding hydrogens is 388 g/mol. The number of carbonyl (C=O) groups is 2. The van der Waals surface area contributed by atoms with Gasteiger partial charge >= 0.3 is 0 Å². The maximum Gasteiger partial charge on any atom is 0.251 e. The van der Waals surface area contributed by atoms with Crippen molar-refractivity contribution >= 4 is 38.9 Å². The minimum atomic E-state index is -3.39. The second kappa shape index (κ2) is 8.54. The summed E-state index contributed by atoms with van der Waals surface area (Å²) in [6.45, 7) is 3.61. The van der Waals surface area contributed by atoms with Crippen molar-refractivity contribution in [3.8, 4) is 0 Å². The van der Waals surface area contributed by atoms with Gasteiger partial charge in [-0.1, -0.05) is 31.5 Å². The molecule has 6 nitrogen and oxygen atoms in total. The van der Waals surface area contributed by atoms with Crippen LogP contribution in [0.4, 0.5) is 5.69 Å². The molecule has 0 spiro atoms. The first-order valence-corrected chi connectivity index (χ1v) is 10.5. The number of halogens is 1. The average molecular weight is 409 g/mol. The van der Waals surface area contributed by atoms with Gasteiger partial charge in [0.15, 0.2) is 9.84 Å². The van der Waals surface area contributed by atoms with Crippen molar-refractivity contribution in [3.63, 3.8) is 0 Å². The predicted octanol–water partition coefficient (Wildman–Crippen LogP) is 3.14. The van der Waals surface area contributed by atoms with Crippen molar-refractivity contribution < 1.29 is 18.0 Å². The van der Waals surface area contributed by atoms with Gasteiger partial charge in [0, 0.05) is 22.5 Å². The minimum Gasteiger partial charge on any atom is -0.340 e. The highest BCUT2D eigenvalue weighted by molar-refractivity contribution is 7.90. The highest BCUT2D eigenvalue weighted by atomic mass is 35.5. The number of hydrogen-bond donors (Lipinski definition) is 2. The van der Waals surface area contributed by atoms with Gasteiger partial charge in [0.25, 0.3) is 5.91 Å². The first kappa shape index (κ1) is 20.9. The van der Waals surface area contributed by atoms with Crippen LogP contribution in [0.15, 0.2) is 53.4 Å². The summed E-state index contributed by atoms with van der Waals surface area (Å²) in [7, 11) is -3.39. The molecule has 27 heavy (non-hydrogen) atoms. The fourth-order valence-electron chi connectivity index (χ4n) is 2.39. The highest BCUT2D eigenvalue weighted by Gasteiger charge is 2.25. The molecule has 0 radical (unpaired) electrons. The van der Waals surface area contributed by atoms with Crippen molar-refractivity contribution in [1.29, 1.82) is 0 Å². The molecule has 0 aliphatic heterocycles. The maximum absolute atomic E-state index is 12.6. The molecule has 2 amide bonds. The van der Waals surface area contributed by atoms with Gasteiger partial charge in [-0.25, -0.2) is 8.42 Å². The van der Waals surface area contributed by atoms with Crippen molar-refractivity contribution in [2.45, 2.75) is 24.8 Å². The Balaban J connectivity index is 2.15. The van der Waals surface area contributed by atoms with Crippen LogP contribution in [0.1, 0.15) is 24.2 Å². The van der Waals surface area contributed by atoms with Gasteiger partial charge in [0.05, 0.1) is 4.90 Å². The lowest BCUT2D eigenvalue weighted by atomic mass is 10.0. The van der Waals surface area contributed by atoms with Crippen LogP contribution in [-0.2, 0) is 14.6 Å². The molecule has 2 rings (SSSR count). The molecule has 0 aliphatic rings. The van der Waals surface area contributed by atoms with Crippen LogP contribution < -0.4 is 10.6 Å². The molecule has 2 aromatic rings. The Morgan fingerprint density at radius 1 is 1.04 bits per heavy atom. The zero-order valence-corrected chi connectivity index (χ0v) is 16.8. The third-order valence-corrected chi connectivity index (χ3v) is 5.23. The molecule has 1 unspecified atom stereocenters. The molecule has 1 atom stereocenters. The topological polar surface area (TPSA) is 92.3 Å². The number of hydrogen-bond acceptors (Lipinski definition) is 4. The van der Waals surface area contributed by atoms with Crippen LogP contribution in [0.2, 0.25) is 5.02 Å². The maximum atomic E-state index is 12.6. The standard InChI is InChI=1S/C19H21ClN2O4S/c1-12(2)17(22-18(23)13-7-9-14(20)10-8-13)19(24)21-15-5-4-6-16(11-15)27(3,25)26/h4-12,17H,1-3H3,(H,21,24)(H,22,23). The number of nitrogens with one attached hydrogen (secondary N) is 2. The van der Waals surface area contributed by atoms with Gasteiger partial charge in [0.1, 0.15) is 6.04 Å². The fourth-order valence-corrected chi connectivity index (χ4v) is 3.18. The van der Waals surface area contributed by atoms with E-state index in [2.05, 4.69) is 10.6 Å². The number of rotatable bonds is 6. The molecule has 0 heterocycles. The Morgan fingerprint density at radius 2 is 1.67 bits per heavy atom. The van der Waals surface area contributed by atoms with Crippen LogP contribution in [0.3, 0.4) is 0 Å². The Labute approximate surface area is 163 Å². The van der Waals surface area contributed by atoms with Crippen LogP contribution in [0.25, 0.3) is 0 Å². The van der Waals surface area contributed by atoms with Crippen molar-refractivity contribution in [1.82, 2.24) is 5.32 Å². The van der Waals surface area contributed by atoms with E-state index in [1.54, 1.807) is 50.2 Å². The number of carbonyl (C=O) groups excluding carboxylic acids is 2. The largest absolute Gasteiger partial charge is 0.340 e. The summed E-state index contributed by atoms with van der Waals surface area (Å²) in [5, 5.41) is 5.88. The lowest BCUT2D eigenvalue weighted by Gasteiger charge is -2.22. The number of sulfone groups is 1. The first-order chi connectivity index (χ1) is 12.6. The summed E-state index contributed by atoms with van der Waals surface area (Å²) in [6, 6.07) is 11.5. The van der Waals surface area contributed by atoms with Crippen molar-refractivity contribution in [2.24, 2.45) is 5.92 Å². The first-order valence-electron chi connectivity index (χ1n) is 8.25. The monoisotopic (exact) mass is 408 g/mol. The van der Waals surface area contributed by atoms with Gasteiger partial charge in [0.2, 0.25) is 5.91 Å². The Hall–Kier alpha value is -2.38. The number of anilines is 1. The van der Waals surface area contributed by atoms with Gasteiger partial charge in [-0.2, -0.15) is 0 Å². The summed E-state index contributed by atoms with van der Waals surface area (Å²) in [6.07, 6.45) is 1.09. The van der Waals surface area contributed by atoms with Crippen LogP contribution >= 0.6 is 11.6 Å². The highest BCUT2D eigenvalue weighted by Crippen LogP contribution is 2.17. The number of amides is 2. The van der Waals surface area contributed by atoms with E-state index < -0.39 is 27.7 Å². The van der Waals surface area contributed by atoms with E-state index in [9.17, 15) is 18.0 Å². The quantitative estimate of drug-likeness (QED) is 0.767. The predicted molar refractivity (Wildman–Crippen MR) is 106 cm³/mol. The van der Waals surface area contributed by atoms with E-state index >= 15 is 0 Å². The molecule has 2 aromatic carbocycles. The fraction of sp³-hybridized carbons (Fsp3) is 0.263.